The molecule has 1 fully saturated rings. The summed E-state index contributed by atoms with van der Waals surface area (Å²) < 4.78 is 58.9. The van der Waals surface area contributed by atoms with Gasteiger partial charge in [-0.25, -0.2) is 22.5 Å². The van der Waals surface area contributed by atoms with Gasteiger partial charge in [0.05, 0.1) is 10.7 Å². The predicted octanol–water partition coefficient (Wildman–Crippen LogP) is 6.23. The Labute approximate surface area is 251 Å². The number of ether oxygens (including phenoxy) is 1. The second-order valence-corrected chi connectivity index (χ2v) is 12.1. The maximum atomic E-state index is 13.2. The van der Waals surface area contributed by atoms with Crippen LogP contribution >= 0.6 is 11.6 Å². The van der Waals surface area contributed by atoms with Crippen molar-refractivity contribution in [3.63, 3.8) is 0 Å². The number of alkyl halides is 4. The van der Waals surface area contributed by atoms with Gasteiger partial charge >= 0.3 is 0 Å². The quantitative estimate of drug-likeness (QED) is 0.230. The van der Waals surface area contributed by atoms with Crippen LogP contribution in [0.2, 0.25) is 5.02 Å². The summed E-state index contributed by atoms with van der Waals surface area (Å²) >= 11 is 6.43. The highest BCUT2D eigenvalue weighted by atomic mass is 35.5. The zero-order valence-electron chi connectivity index (χ0n) is 24.3. The van der Waals surface area contributed by atoms with Gasteiger partial charge < -0.3 is 20.7 Å². The summed E-state index contributed by atoms with van der Waals surface area (Å²) in [4.78, 5) is 34.4. The summed E-state index contributed by atoms with van der Waals surface area (Å²) in [6.07, 6.45) is -3.91. The van der Waals surface area contributed by atoms with Gasteiger partial charge in [-0.05, 0) is 49.4 Å². The van der Waals surface area contributed by atoms with Gasteiger partial charge in [0.25, 0.3) is 12.3 Å². The molecule has 1 aliphatic rings. The third kappa shape index (κ3) is 8.07. The number of nitrogens with one attached hydrogen (secondary N) is 3. The molecular weight excluding hydrogens is 592 g/mol. The summed E-state index contributed by atoms with van der Waals surface area (Å²) in [5, 5.41) is 9.20. The molecule has 14 heteroatoms. The van der Waals surface area contributed by atoms with E-state index in [1.54, 1.807) is 29.8 Å². The minimum Gasteiger partial charge on any atom is -0.471 e. The molecule has 1 saturated carbocycles. The van der Waals surface area contributed by atoms with Gasteiger partial charge in [-0.3, -0.25) is 14.2 Å². The van der Waals surface area contributed by atoms with Crippen molar-refractivity contribution in [1.82, 2.24) is 25.2 Å². The van der Waals surface area contributed by atoms with E-state index in [0.717, 1.165) is 5.56 Å². The normalized spacial score (nSPS) is 17.4. The lowest BCUT2D eigenvalue weighted by Gasteiger charge is -2.28. The van der Waals surface area contributed by atoms with E-state index in [4.69, 9.17) is 16.3 Å². The van der Waals surface area contributed by atoms with Gasteiger partial charge in [0.2, 0.25) is 24.2 Å². The number of amides is 2. The number of fused-ring (bicyclic) bond motifs is 1. The number of rotatable bonds is 10. The number of nitrogens with zero attached hydrogens (tertiary/aromatic N) is 3. The molecule has 9 nitrogen and oxygen atoms in total. The van der Waals surface area contributed by atoms with E-state index < -0.39 is 36.7 Å². The van der Waals surface area contributed by atoms with E-state index >= 15 is 0 Å². The maximum Gasteiger partial charge on any atom is 0.272 e. The summed E-state index contributed by atoms with van der Waals surface area (Å²) in [5.74, 6) is -1.43. The molecule has 1 aliphatic carbocycles. The minimum absolute atomic E-state index is 0.0941. The van der Waals surface area contributed by atoms with Crippen molar-refractivity contribution < 1.29 is 31.9 Å². The maximum absolute atomic E-state index is 13.2. The SMILES string of the molecule is Cn1c(Nc2cc(CNC(=O)C(C)(C)C)ccc2Cl)nc2cc(C(=O)NC3CCC(C(F)F)CC3)c(OCC(F)F)nc21. The number of aromatic nitrogens is 3. The van der Waals surface area contributed by atoms with Crippen LogP contribution in [-0.4, -0.2) is 51.8 Å². The highest BCUT2D eigenvalue weighted by Gasteiger charge is 2.29. The molecule has 234 valence electrons. The summed E-state index contributed by atoms with van der Waals surface area (Å²) in [6, 6.07) is 6.27. The third-order valence-corrected chi connectivity index (χ3v) is 7.60. The van der Waals surface area contributed by atoms with Crippen LogP contribution in [0.15, 0.2) is 24.3 Å². The number of carbonyl (C=O) groups excluding carboxylic acids is 2. The number of benzene rings is 1. The zero-order valence-corrected chi connectivity index (χ0v) is 25.1. The molecule has 1 aromatic carbocycles. The molecule has 2 aromatic heterocycles. The van der Waals surface area contributed by atoms with Gasteiger partial charge in [-0.15, -0.1) is 0 Å². The summed E-state index contributed by atoms with van der Waals surface area (Å²) in [7, 11) is 1.64. The Balaban J connectivity index is 1.58. The van der Waals surface area contributed by atoms with Crippen LogP contribution in [0.5, 0.6) is 5.88 Å². The Morgan fingerprint density at radius 2 is 1.79 bits per heavy atom. The van der Waals surface area contributed by atoms with E-state index in [9.17, 15) is 27.2 Å². The summed E-state index contributed by atoms with van der Waals surface area (Å²) in [5.41, 5.74) is 1.17. The van der Waals surface area contributed by atoms with Gasteiger partial charge in [0.15, 0.2) is 12.3 Å². The molecule has 3 N–H and O–H groups in total. The second kappa shape index (κ2) is 13.4. The number of hydrogen-bond donors (Lipinski definition) is 3. The van der Waals surface area contributed by atoms with E-state index in [-0.39, 0.29) is 53.9 Å². The Morgan fingerprint density at radius 3 is 2.42 bits per heavy atom. The molecule has 0 aliphatic heterocycles. The lowest BCUT2D eigenvalue weighted by Crippen LogP contribution is -2.38. The van der Waals surface area contributed by atoms with Crippen LogP contribution in [0.1, 0.15) is 62.4 Å². The van der Waals surface area contributed by atoms with E-state index in [2.05, 4.69) is 25.9 Å². The molecule has 0 unspecified atom stereocenters. The Hall–Kier alpha value is -3.61. The van der Waals surface area contributed by atoms with Crippen molar-refractivity contribution in [1.29, 1.82) is 0 Å². The molecular formula is C29H35ClF4N6O3. The van der Waals surface area contributed by atoms with Crippen molar-refractivity contribution in [3.8, 4) is 5.88 Å². The first-order chi connectivity index (χ1) is 20.2. The van der Waals surface area contributed by atoms with Crippen LogP contribution in [0, 0.1) is 11.3 Å². The van der Waals surface area contributed by atoms with Crippen LogP contribution in [0.3, 0.4) is 0 Å². The van der Waals surface area contributed by atoms with Crippen LogP contribution in [0.4, 0.5) is 29.2 Å². The first-order valence-electron chi connectivity index (χ1n) is 13.9. The summed E-state index contributed by atoms with van der Waals surface area (Å²) in [6.45, 7) is 4.75. The molecule has 43 heavy (non-hydrogen) atoms. The smallest absolute Gasteiger partial charge is 0.272 e. The van der Waals surface area contributed by atoms with Gasteiger partial charge in [0.1, 0.15) is 11.1 Å². The first kappa shape index (κ1) is 32.3. The van der Waals surface area contributed by atoms with Gasteiger partial charge in [-0.2, -0.15) is 4.98 Å². The molecule has 0 atom stereocenters. The Bertz CT molecular complexity index is 1470. The zero-order chi connectivity index (χ0) is 31.5. The Kier molecular flexibility index (Phi) is 10.0. The molecule has 2 heterocycles. The third-order valence-electron chi connectivity index (χ3n) is 7.28. The van der Waals surface area contributed by atoms with Crippen molar-refractivity contribution in [3.05, 3.63) is 40.4 Å². The molecule has 0 saturated heterocycles. The largest absolute Gasteiger partial charge is 0.471 e. The number of anilines is 2. The van der Waals surface area contributed by atoms with E-state index in [0.29, 0.717) is 29.5 Å². The molecule has 0 radical (unpaired) electrons. The molecule has 2 amide bonds. The highest BCUT2D eigenvalue weighted by molar-refractivity contribution is 6.33. The fourth-order valence-electron chi connectivity index (χ4n) is 4.75. The average molecular weight is 627 g/mol. The van der Waals surface area contributed by atoms with Crippen molar-refractivity contribution >= 4 is 46.2 Å². The van der Waals surface area contributed by atoms with Crippen LogP contribution in [-0.2, 0) is 18.4 Å². The van der Waals surface area contributed by atoms with E-state index in [1.807, 2.05) is 20.8 Å². The van der Waals surface area contributed by atoms with Gasteiger partial charge in [0, 0.05) is 31.0 Å². The molecule has 4 rings (SSSR count). The molecule has 3 aromatic rings. The second-order valence-electron chi connectivity index (χ2n) is 11.7. The predicted molar refractivity (Wildman–Crippen MR) is 155 cm³/mol. The van der Waals surface area contributed by atoms with Crippen molar-refractivity contribution in [2.45, 2.75) is 71.9 Å². The lowest BCUT2D eigenvalue weighted by atomic mass is 9.86. The van der Waals surface area contributed by atoms with Crippen LogP contribution in [0.25, 0.3) is 11.2 Å². The van der Waals surface area contributed by atoms with Gasteiger partial charge in [-0.1, -0.05) is 38.4 Å². The van der Waals surface area contributed by atoms with Crippen LogP contribution < -0.4 is 20.7 Å². The fourth-order valence-corrected chi connectivity index (χ4v) is 4.91. The minimum atomic E-state index is -2.80. The standard InChI is InChI=1S/C29H35ClF4N6O3/c1-29(2,3)27(42)35-13-15-5-10-19(30)20(11-15)37-28-38-21-12-18(26(43-14-22(31)32)39-24(21)40(28)4)25(41)36-17-8-6-16(7-9-17)23(33)34/h5,10-12,16-17,22-23H,6-9,13-14H2,1-4H3,(H,35,42)(H,36,41)(H,37,38). The number of aryl methyl sites for hydroxylation is 1. The fraction of sp³-hybridized carbons (Fsp3) is 0.517. The monoisotopic (exact) mass is 626 g/mol. The topological polar surface area (TPSA) is 110 Å². The Morgan fingerprint density at radius 1 is 1.09 bits per heavy atom. The highest BCUT2D eigenvalue weighted by Crippen LogP contribution is 2.32. The number of carbonyl (C=O) groups is 2. The number of imidazole rings is 1. The number of halogens is 5. The lowest BCUT2D eigenvalue weighted by molar-refractivity contribution is -0.128. The molecule has 0 bridgehead atoms. The van der Waals surface area contributed by atoms with Crippen molar-refractivity contribution in [2.75, 3.05) is 11.9 Å². The number of pyridine rings is 1. The van der Waals surface area contributed by atoms with E-state index in [1.165, 1.54) is 6.07 Å². The molecule has 0 spiro atoms. The first-order valence-corrected chi connectivity index (χ1v) is 14.3. The number of hydrogen-bond acceptors (Lipinski definition) is 6. The average Bonchev–Trinajstić information content (AvgIpc) is 3.25. The van der Waals surface area contributed by atoms with Crippen molar-refractivity contribution in [2.24, 2.45) is 18.4 Å².